The van der Waals surface area contributed by atoms with Crippen molar-refractivity contribution in [2.75, 3.05) is 19.6 Å². The monoisotopic (exact) mass is 260 g/mol. The molecule has 1 saturated heterocycles. The zero-order valence-electron chi connectivity index (χ0n) is 11.4. The molecule has 2 aliphatic heterocycles. The van der Waals surface area contributed by atoms with E-state index in [0.717, 1.165) is 30.9 Å². The minimum Gasteiger partial charge on any atom is -0.480 e. The van der Waals surface area contributed by atoms with Crippen molar-refractivity contribution in [1.82, 2.24) is 10.2 Å². The average molecular weight is 260 g/mol. The Balaban J connectivity index is 1.79. The molecule has 1 fully saturated rings. The molecule has 4 nitrogen and oxygen atoms in total. The maximum Gasteiger partial charge on any atom is 0.264 e. The van der Waals surface area contributed by atoms with Crippen LogP contribution < -0.4 is 10.1 Å². The Kier molecular flexibility index (Phi) is 3.19. The molecule has 0 aromatic heterocycles. The van der Waals surface area contributed by atoms with Gasteiger partial charge in [0.15, 0.2) is 6.10 Å². The van der Waals surface area contributed by atoms with E-state index >= 15 is 0 Å². The van der Waals surface area contributed by atoms with Gasteiger partial charge in [-0.3, -0.25) is 4.79 Å². The van der Waals surface area contributed by atoms with Gasteiger partial charge in [-0.25, -0.2) is 0 Å². The van der Waals surface area contributed by atoms with Crippen molar-refractivity contribution in [3.05, 3.63) is 29.8 Å². The number of carbonyl (C=O) groups is 1. The number of carbonyl (C=O) groups excluding carboxylic acids is 1. The molecule has 0 unspecified atom stereocenters. The fraction of sp³-hybridized carbons (Fsp3) is 0.533. The molecular formula is C15H20N2O2. The molecule has 0 bridgehead atoms. The third kappa shape index (κ3) is 2.10. The fourth-order valence-corrected chi connectivity index (χ4v) is 2.96. The summed E-state index contributed by atoms with van der Waals surface area (Å²) in [5, 5.41) is 3.30. The van der Waals surface area contributed by atoms with Crippen LogP contribution in [0.25, 0.3) is 0 Å². The molecule has 102 valence electrons. The fourth-order valence-electron chi connectivity index (χ4n) is 2.96. The van der Waals surface area contributed by atoms with Gasteiger partial charge in [-0.1, -0.05) is 25.1 Å². The van der Waals surface area contributed by atoms with E-state index in [0.29, 0.717) is 0 Å². The van der Waals surface area contributed by atoms with E-state index in [1.165, 1.54) is 0 Å². The van der Waals surface area contributed by atoms with Crippen LogP contribution >= 0.6 is 0 Å². The number of ether oxygens (including phenoxy) is 1. The topological polar surface area (TPSA) is 41.6 Å². The Morgan fingerprint density at radius 3 is 2.89 bits per heavy atom. The van der Waals surface area contributed by atoms with Crippen molar-refractivity contribution in [2.45, 2.75) is 31.9 Å². The van der Waals surface area contributed by atoms with Gasteiger partial charge in [-0.2, -0.15) is 0 Å². The highest BCUT2D eigenvalue weighted by Gasteiger charge is 2.39. The third-order valence-corrected chi connectivity index (χ3v) is 4.15. The second-order valence-corrected chi connectivity index (χ2v) is 5.45. The summed E-state index contributed by atoms with van der Waals surface area (Å²) in [4.78, 5) is 14.6. The van der Waals surface area contributed by atoms with Crippen LogP contribution in [-0.4, -0.2) is 42.6 Å². The summed E-state index contributed by atoms with van der Waals surface area (Å²) in [5.74, 6) is 1.11. The van der Waals surface area contributed by atoms with Crippen LogP contribution in [0, 0.1) is 0 Å². The van der Waals surface area contributed by atoms with Crippen LogP contribution in [-0.2, 0) is 4.79 Å². The van der Waals surface area contributed by atoms with Gasteiger partial charge >= 0.3 is 0 Å². The normalized spacial score (nSPS) is 29.8. The molecular weight excluding hydrogens is 240 g/mol. The summed E-state index contributed by atoms with van der Waals surface area (Å²) in [6.45, 7) is 6.64. The highest BCUT2D eigenvalue weighted by atomic mass is 16.5. The largest absolute Gasteiger partial charge is 0.480 e. The highest BCUT2D eigenvalue weighted by molar-refractivity contribution is 5.84. The molecule has 19 heavy (non-hydrogen) atoms. The third-order valence-electron chi connectivity index (χ3n) is 4.15. The van der Waals surface area contributed by atoms with Crippen LogP contribution in [0.1, 0.15) is 25.3 Å². The maximum atomic E-state index is 12.7. The summed E-state index contributed by atoms with van der Waals surface area (Å²) in [7, 11) is 0. The molecule has 4 heteroatoms. The zero-order chi connectivity index (χ0) is 13.4. The first-order valence-corrected chi connectivity index (χ1v) is 6.95. The summed E-state index contributed by atoms with van der Waals surface area (Å²) in [6.07, 6.45) is -0.363. The lowest BCUT2D eigenvalue weighted by atomic mass is 9.96. The number of fused-ring (bicyclic) bond motifs is 1. The molecule has 1 N–H and O–H groups in total. The first-order valence-electron chi connectivity index (χ1n) is 6.95. The van der Waals surface area contributed by atoms with Crippen LogP contribution in [0.4, 0.5) is 0 Å². The maximum absolute atomic E-state index is 12.7. The van der Waals surface area contributed by atoms with E-state index in [1.807, 2.05) is 23.1 Å². The lowest BCUT2D eigenvalue weighted by Gasteiger charge is -2.36. The molecule has 2 aliphatic rings. The van der Waals surface area contributed by atoms with Crippen molar-refractivity contribution >= 4 is 5.91 Å². The Labute approximate surface area is 113 Å². The zero-order valence-corrected chi connectivity index (χ0v) is 11.4. The van der Waals surface area contributed by atoms with E-state index in [9.17, 15) is 4.79 Å². The number of hydrogen-bond acceptors (Lipinski definition) is 3. The Hall–Kier alpha value is -1.55. The van der Waals surface area contributed by atoms with Crippen LogP contribution in [0.2, 0.25) is 0 Å². The van der Waals surface area contributed by atoms with Crippen molar-refractivity contribution in [2.24, 2.45) is 0 Å². The summed E-state index contributed by atoms with van der Waals surface area (Å²) in [6, 6.07) is 8.18. The van der Waals surface area contributed by atoms with Gasteiger partial charge in [0.05, 0.1) is 0 Å². The molecule has 0 radical (unpaired) electrons. The van der Waals surface area contributed by atoms with E-state index < -0.39 is 0 Å². The molecule has 3 atom stereocenters. The number of para-hydroxylation sites is 1. The average Bonchev–Trinajstić information content (AvgIpc) is 2.77. The van der Waals surface area contributed by atoms with Crippen molar-refractivity contribution in [1.29, 1.82) is 0 Å². The smallest absolute Gasteiger partial charge is 0.264 e. The molecule has 0 aliphatic carbocycles. The number of amides is 1. The van der Waals surface area contributed by atoms with E-state index in [4.69, 9.17) is 4.74 Å². The minimum absolute atomic E-state index is 0.123. The van der Waals surface area contributed by atoms with E-state index in [2.05, 4.69) is 25.2 Å². The molecule has 2 heterocycles. The number of nitrogens with one attached hydrogen (secondary N) is 1. The van der Waals surface area contributed by atoms with Gasteiger partial charge in [0.1, 0.15) is 5.75 Å². The number of hydrogen-bond donors (Lipinski definition) is 1. The Bertz CT molecular complexity index is 489. The quantitative estimate of drug-likeness (QED) is 0.829. The van der Waals surface area contributed by atoms with Gasteiger partial charge in [0, 0.05) is 37.2 Å². The first kappa shape index (κ1) is 12.5. The van der Waals surface area contributed by atoms with Crippen molar-refractivity contribution in [3.8, 4) is 5.75 Å². The van der Waals surface area contributed by atoms with E-state index in [1.54, 1.807) is 0 Å². The molecule has 0 saturated carbocycles. The van der Waals surface area contributed by atoms with Crippen LogP contribution in [0.15, 0.2) is 24.3 Å². The van der Waals surface area contributed by atoms with Gasteiger partial charge in [0.2, 0.25) is 0 Å². The Morgan fingerprint density at radius 1 is 1.37 bits per heavy atom. The minimum atomic E-state index is -0.363. The molecule has 1 amide bonds. The van der Waals surface area contributed by atoms with Crippen LogP contribution in [0.3, 0.4) is 0 Å². The summed E-state index contributed by atoms with van der Waals surface area (Å²) < 4.78 is 5.87. The van der Waals surface area contributed by atoms with Gasteiger partial charge in [0.25, 0.3) is 5.91 Å². The molecule has 0 spiro atoms. The first-order chi connectivity index (χ1) is 9.18. The standard InChI is InChI=1S/C15H20N2O2/c1-10-9-16-7-8-17(10)15(18)14-11(2)12-5-3-4-6-13(12)19-14/h3-6,10-11,14,16H,7-9H2,1-2H3/t10-,11+,14+/m0/s1. The molecule has 1 aromatic carbocycles. The molecule has 1 aromatic rings. The number of benzene rings is 1. The lowest BCUT2D eigenvalue weighted by molar-refractivity contribution is -0.141. The highest BCUT2D eigenvalue weighted by Crippen LogP contribution is 2.38. The van der Waals surface area contributed by atoms with Gasteiger partial charge < -0.3 is 15.0 Å². The van der Waals surface area contributed by atoms with Crippen molar-refractivity contribution < 1.29 is 9.53 Å². The number of piperazine rings is 1. The van der Waals surface area contributed by atoms with Crippen LogP contribution in [0.5, 0.6) is 5.75 Å². The Morgan fingerprint density at radius 2 is 2.16 bits per heavy atom. The molecule has 3 rings (SSSR count). The van der Waals surface area contributed by atoms with Gasteiger partial charge in [-0.15, -0.1) is 0 Å². The predicted octanol–water partition coefficient (Wildman–Crippen LogP) is 1.37. The second kappa shape index (κ2) is 4.85. The van der Waals surface area contributed by atoms with E-state index in [-0.39, 0.29) is 24.0 Å². The number of rotatable bonds is 1. The lowest BCUT2D eigenvalue weighted by Crippen LogP contribution is -2.55. The SMILES string of the molecule is C[C@@H]1c2ccccc2O[C@H]1C(=O)N1CCNC[C@@H]1C. The van der Waals surface area contributed by atoms with Crippen molar-refractivity contribution in [3.63, 3.8) is 0 Å². The predicted molar refractivity (Wildman–Crippen MR) is 73.3 cm³/mol. The number of nitrogens with zero attached hydrogens (tertiary/aromatic N) is 1. The summed E-state index contributed by atoms with van der Waals surface area (Å²) in [5.41, 5.74) is 1.14. The summed E-state index contributed by atoms with van der Waals surface area (Å²) >= 11 is 0. The van der Waals surface area contributed by atoms with Gasteiger partial charge in [-0.05, 0) is 13.0 Å². The second-order valence-electron chi connectivity index (χ2n) is 5.45.